The number of piperidine rings is 1. The zero-order chi connectivity index (χ0) is 22.2. The molecule has 0 aliphatic carbocycles. The van der Waals surface area contributed by atoms with Crippen LogP contribution in [0.3, 0.4) is 0 Å². The molecule has 1 fully saturated rings. The van der Waals surface area contributed by atoms with Gasteiger partial charge in [0.05, 0.1) is 13.3 Å². The van der Waals surface area contributed by atoms with Crippen LogP contribution in [0.15, 0.2) is 30.5 Å². The number of hydrogen-bond acceptors (Lipinski definition) is 6. The fourth-order valence-corrected chi connectivity index (χ4v) is 3.66. The van der Waals surface area contributed by atoms with Gasteiger partial charge in [0.2, 0.25) is 0 Å². The Kier molecular flexibility index (Phi) is 7.86. The number of rotatable bonds is 9. The molecule has 1 aliphatic rings. The van der Waals surface area contributed by atoms with E-state index in [-0.39, 0.29) is 30.5 Å². The average molecular weight is 430 g/mol. The lowest BCUT2D eigenvalue weighted by Gasteiger charge is -2.35. The van der Waals surface area contributed by atoms with Gasteiger partial charge in [-0.25, -0.2) is 0 Å². The summed E-state index contributed by atoms with van der Waals surface area (Å²) >= 11 is 0. The Morgan fingerprint density at radius 1 is 1.19 bits per heavy atom. The molecule has 1 aromatic heterocycles. The predicted molar refractivity (Wildman–Crippen MR) is 115 cm³/mol. The molecule has 2 amide bonds. The van der Waals surface area contributed by atoms with E-state index in [1.54, 1.807) is 42.3 Å². The average Bonchev–Trinajstić information content (AvgIpc) is 3.25. The maximum Gasteiger partial charge on any atom is 0.273 e. The van der Waals surface area contributed by atoms with Crippen molar-refractivity contribution < 1.29 is 19.1 Å². The van der Waals surface area contributed by atoms with Crippen molar-refractivity contribution in [2.45, 2.75) is 58.2 Å². The van der Waals surface area contributed by atoms with E-state index in [0.717, 1.165) is 38.0 Å². The minimum atomic E-state index is -0.230. The summed E-state index contributed by atoms with van der Waals surface area (Å²) < 4.78 is 12.5. The summed E-state index contributed by atoms with van der Waals surface area (Å²) in [6.45, 7) is 5.13. The number of carbonyl (C=O) groups is 2. The van der Waals surface area contributed by atoms with E-state index in [2.05, 4.69) is 15.6 Å². The molecule has 0 radical (unpaired) electrons. The highest BCUT2D eigenvalue weighted by atomic mass is 16.5. The van der Waals surface area contributed by atoms with E-state index in [9.17, 15) is 9.59 Å². The Bertz CT molecular complexity index is 865. The lowest BCUT2D eigenvalue weighted by Crippen LogP contribution is -2.46. The number of ether oxygens (including phenoxy) is 2. The zero-order valence-electron chi connectivity index (χ0n) is 18.4. The Labute approximate surface area is 182 Å². The van der Waals surface area contributed by atoms with E-state index >= 15 is 0 Å². The number of amides is 2. The lowest BCUT2D eigenvalue weighted by atomic mass is 9.99. The van der Waals surface area contributed by atoms with Gasteiger partial charge in [-0.15, -0.1) is 5.10 Å². The first-order valence-electron chi connectivity index (χ1n) is 10.7. The third-order valence-electron chi connectivity index (χ3n) is 5.25. The Hall–Kier alpha value is -3.10. The van der Waals surface area contributed by atoms with E-state index in [0.29, 0.717) is 18.0 Å². The summed E-state index contributed by atoms with van der Waals surface area (Å²) in [5.74, 6) is 1.13. The Morgan fingerprint density at radius 3 is 2.65 bits per heavy atom. The van der Waals surface area contributed by atoms with Gasteiger partial charge in [-0.05, 0) is 63.8 Å². The van der Waals surface area contributed by atoms with Crippen LogP contribution in [-0.4, -0.2) is 64.1 Å². The quantitative estimate of drug-likeness (QED) is 0.657. The van der Waals surface area contributed by atoms with Crippen molar-refractivity contribution in [2.75, 3.05) is 20.3 Å². The van der Waals surface area contributed by atoms with E-state index in [1.165, 1.54) is 0 Å². The van der Waals surface area contributed by atoms with Gasteiger partial charge in [-0.1, -0.05) is 5.21 Å². The number of carbonyl (C=O) groups excluding carboxylic acids is 2. The second-order valence-corrected chi connectivity index (χ2v) is 7.98. The summed E-state index contributed by atoms with van der Waals surface area (Å²) in [5.41, 5.74) is 0.304. The van der Waals surface area contributed by atoms with Gasteiger partial charge >= 0.3 is 0 Å². The van der Waals surface area contributed by atoms with E-state index in [1.807, 2.05) is 18.7 Å². The summed E-state index contributed by atoms with van der Waals surface area (Å²) in [6.07, 6.45) is 5.44. The molecule has 2 aromatic rings. The third-order valence-corrected chi connectivity index (χ3v) is 5.25. The Morgan fingerprint density at radius 2 is 1.94 bits per heavy atom. The van der Waals surface area contributed by atoms with Crippen molar-refractivity contribution in [3.63, 3.8) is 0 Å². The minimum absolute atomic E-state index is 0.00563. The summed E-state index contributed by atoms with van der Waals surface area (Å²) in [4.78, 5) is 26.8. The topological polar surface area (TPSA) is 98.6 Å². The van der Waals surface area contributed by atoms with Crippen LogP contribution in [0.5, 0.6) is 11.5 Å². The normalized spacial score (nSPS) is 16.3. The SMILES string of the molecule is COc1ccc(OCC(=O)N2CCCC[C@@H]2CCn2cc(C(=O)NC(C)C)nn2)cc1. The van der Waals surface area contributed by atoms with Crippen LogP contribution < -0.4 is 14.8 Å². The lowest BCUT2D eigenvalue weighted by molar-refractivity contribution is -0.137. The molecule has 0 unspecified atom stereocenters. The van der Waals surface area contributed by atoms with E-state index in [4.69, 9.17) is 9.47 Å². The fourth-order valence-electron chi connectivity index (χ4n) is 3.66. The highest BCUT2D eigenvalue weighted by Gasteiger charge is 2.27. The number of aromatic nitrogens is 3. The monoisotopic (exact) mass is 429 g/mol. The first-order chi connectivity index (χ1) is 15.0. The molecule has 1 aromatic carbocycles. The number of likely N-dealkylation sites (tertiary alicyclic amines) is 1. The molecule has 1 saturated heterocycles. The molecule has 1 N–H and O–H groups in total. The second-order valence-electron chi connectivity index (χ2n) is 7.98. The second kappa shape index (κ2) is 10.8. The van der Waals surface area contributed by atoms with Crippen LogP contribution in [0.2, 0.25) is 0 Å². The third kappa shape index (κ3) is 6.44. The van der Waals surface area contributed by atoms with Crippen LogP contribution >= 0.6 is 0 Å². The van der Waals surface area contributed by atoms with Gasteiger partial charge in [0.15, 0.2) is 12.3 Å². The molecule has 168 valence electrons. The van der Waals surface area contributed by atoms with Crippen molar-refractivity contribution in [1.29, 1.82) is 0 Å². The van der Waals surface area contributed by atoms with Crippen molar-refractivity contribution in [2.24, 2.45) is 0 Å². The Balaban J connectivity index is 1.52. The van der Waals surface area contributed by atoms with Gasteiger partial charge in [-0.2, -0.15) is 0 Å². The highest BCUT2D eigenvalue weighted by molar-refractivity contribution is 5.91. The number of aryl methyl sites for hydroxylation is 1. The van der Waals surface area contributed by atoms with Gasteiger partial charge in [-0.3, -0.25) is 14.3 Å². The summed E-state index contributed by atoms with van der Waals surface area (Å²) in [6, 6.07) is 7.35. The molecule has 9 heteroatoms. The predicted octanol–water partition coefficient (Wildman–Crippen LogP) is 2.28. The van der Waals surface area contributed by atoms with Crippen molar-refractivity contribution in [1.82, 2.24) is 25.2 Å². The van der Waals surface area contributed by atoms with Gasteiger partial charge < -0.3 is 19.7 Å². The number of benzene rings is 1. The van der Waals surface area contributed by atoms with Crippen LogP contribution in [0.1, 0.15) is 50.0 Å². The summed E-state index contributed by atoms with van der Waals surface area (Å²) in [7, 11) is 1.61. The van der Waals surface area contributed by atoms with Gasteiger partial charge in [0.1, 0.15) is 11.5 Å². The number of hydrogen-bond donors (Lipinski definition) is 1. The number of methoxy groups -OCH3 is 1. The van der Waals surface area contributed by atoms with Crippen molar-refractivity contribution in [3.8, 4) is 11.5 Å². The van der Waals surface area contributed by atoms with Gasteiger partial charge in [0.25, 0.3) is 11.8 Å². The molecule has 3 rings (SSSR count). The standard InChI is InChI=1S/C22H31N5O4/c1-16(2)23-22(29)20-14-26(25-24-20)13-11-17-6-4-5-12-27(17)21(28)15-31-19-9-7-18(30-3)8-10-19/h7-10,14,16-17H,4-6,11-13,15H2,1-3H3,(H,23,29)/t17-/m1/s1. The maximum atomic E-state index is 12.8. The molecule has 0 spiro atoms. The molecular formula is C22H31N5O4. The van der Waals surface area contributed by atoms with Crippen LogP contribution in [0.25, 0.3) is 0 Å². The van der Waals surface area contributed by atoms with Crippen molar-refractivity contribution >= 4 is 11.8 Å². The van der Waals surface area contributed by atoms with Crippen LogP contribution in [0.4, 0.5) is 0 Å². The van der Waals surface area contributed by atoms with Crippen molar-refractivity contribution in [3.05, 3.63) is 36.2 Å². The number of nitrogens with zero attached hydrogens (tertiary/aromatic N) is 4. The molecule has 9 nitrogen and oxygen atoms in total. The molecule has 1 aliphatic heterocycles. The molecule has 31 heavy (non-hydrogen) atoms. The molecule has 0 bridgehead atoms. The number of nitrogens with one attached hydrogen (secondary N) is 1. The minimum Gasteiger partial charge on any atom is -0.497 e. The largest absolute Gasteiger partial charge is 0.497 e. The van der Waals surface area contributed by atoms with Gasteiger partial charge in [0, 0.05) is 25.2 Å². The van der Waals surface area contributed by atoms with E-state index < -0.39 is 0 Å². The first kappa shape index (κ1) is 22.6. The first-order valence-corrected chi connectivity index (χ1v) is 10.7. The van der Waals surface area contributed by atoms with Crippen LogP contribution in [-0.2, 0) is 11.3 Å². The van der Waals surface area contributed by atoms with Crippen LogP contribution in [0, 0.1) is 0 Å². The fraction of sp³-hybridized carbons (Fsp3) is 0.545. The molecular weight excluding hydrogens is 398 g/mol. The maximum absolute atomic E-state index is 12.8. The molecule has 1 atom stereocenters. The summed E-state index contributed by atoms with van der Waals surface area (Å²) in [5, 5.41) is 10.8. The highest BCUT2D eigenvalue weighted by Crippen LogP contribution is 2.21. The smallest absolute Gasteiger partial charge is 0.273 e. The molecule has 2 heterocycles. The zero-order valence-corrected chi connectivity index (χ0v) is 18.4. The molecule has 0 saturated carbocycles.